The fourth-order valence-corrected chi connectivity index (χ4v) is 5.11. The van der Waals surface area contributed by atoms with E-state index < -0.39 is 39.5 Å². The fourth-order valence-electron chi connectivity index (χ4n) is 3.70. The van der Waals surface area contributed by atoms with Crippen LogP contribution in [0.2, 0.25) is 0 Å². The van der Waals surface area contributed by atoms with E-state index in [-0.39, 0.29) is 0 Å². The molecular formula is C30H35ClN2O3S. The molecule has 7 heteroatoms. The van der Waals surface area contributed by atoms with Crippen molar-refractivity contribution in [3.05, 3.63) is 102 Å². The number of esters is 1. The smallest absolute Gasteiger partial charge is 0.333 e. The minimum Gasteiger partial charge on any atom is -0.458 e. The van der Waals surface area contributed by atoms with Crippen LogP contribution in [0.1, 0.15) is 51.3 Å². The van der Waals surface area contributed by atoms with Crippen LogP contribution in [0.3, 0.4) is 0 Å². The highest BCUT2D eigenvalue weighted by molar-refractivity contribution is 7.83. The Hall–Kier alpha value is -2.80. The van der Waals surface area contributed by atoms with Crippen molar-refractivity contribution in [1.29, 1.82) is 0 Å². The normalized spacial score (nSPS) is 14.4. The number of benzene rings is 3. The Labute approximate surface area is 227 Å². The number of carbonyl (C=O) groups is 1. The number of nitrogens with one attached hydrogen (secondary N) is 1. The number of rotatable bonds is 9. The molecule has 0 saturated carbocycles. The van der Waals surface area contributed by atoms with Crippen molar-refractivity contribution in [1.82, 2.24) is 4.72 Å². The van der Waals surface area contributed by atoms with E-state index in [1.165, 1.54) is 0 Å². The molecule has 0 aliphatic rings. The van der Waals surface area contributed by atoms with Crippen molar-refractivity contribution < 1.29 is 13.7 Å². The van der Waals surface area contributed by atoms with Crippen LogP contribution in [0.4, 0.5) is 0 Å². The van der Waals surface area contributed by atoms with Crippen molar-refractivity contribution in [2.45, 2.75) is 69.0 Å². The van der Waals surface area contributed by atoms with Gasteiger partial charge in [-0.1, -0.05) is 78.4 Å². The van der Waals surface area contributed by atoms with Crippen molar-refractivity contribution >= 4 is 34.3 Å². The van der Waals surface area contributed by atoms with E-state index in [1.54, 1.807) is 46.8 Å². The maximum Gasteiger partial charge on any atom is 0.333 e. The number of alkyl halides is 1. The van der Waals surface area contributed by atoms with Gasteiger partial charge in [-0.2, -0.15) is 0 Å². The SMILES string of the molecule is Cc1ccc([S@](=O)N[C@H]([C@H](N=C(c2ccccc2)c2ccccc2)C(=O)OC(C)(C)C)C(C)(C)Cl)cc1. The summed E-state index contributed by atoms with van der Waals surface area (Å²) in [4.78, 5) is 18.2. The second kappa shape index (κ2) is 12.2. The maximum atomic E-state index is 13.7. The molecule has 0 radical (unpaired) electrons. The van der Waals surface area contributed by atoms with Gasteiger partial charge in [0.1, 0.15) is 16.6 Å². The van der Waals surface area contributed by atoms with Gasteiger partial charge < -0.3 is 4.74 Å². The van der Waals surface area contributed by atoms with E-state index in [1.807, 2.05) is 79.7 Å². The minimum absolute atomic E-state index is 0.552. The molecule has 0 amide bonds. The van der Waals surface area contributed by atoms with Gasteiger partial charge in [-0.05, 0) is 53.7 Å². The molecule has 0 aliphatic carbocycles. The third-order valence-electron chi connectivity index (χ3n) is 5.54. The summed E-state index contributed by atoms with van der Waals surface area (Å²) in [7, 11) is -1.64. The summed E-state index contributed by atoms with van der Waals surface area (Å²) < 4.78 is 22.3. The van der Waals surface area contributed by atoms with E-state index in [2.05, 4.69) is 4.72 Å². The molecule has 0 unspecified atom stereocenters. The van der Waals surface area contributed by atoms with Crippen molar-refractivity contribution in [2.75, 3.05) is 0 Å². The van der Waals surface area contributed by atoms with Gasteiger partial charge in [-0.25, -0.2) is 13.7 Å². The highest BCUT2D eigenvalue weighted by Crippen LogP contribution is 2.27. The molecule has 3 atom stereocenters. The summed E-state index contributed by atoms with van der Waals surface area (Å²) in [5, 5.41) is 0. The summed E-state index contributed by atoms with van der Waals surface area (Å²) in [5.41, 5.74) is 2.61. The Bertz CT molecular complexity index is 1190. The molecule has 0 heterocycles. The molecule has 3 aromatic rings. The topological polar surface area (TPSA) is 67.8 Å². The highest BCUT2D eigenvalue weighted by Gasteiger charge is 2.42. The lowest BCUT2D eigenvalue weighted by atomic mass is 9.95. The number of hydrogen-bond donors (Lipinski definition) is 1. The number of aryl methyl sites for hydroxylation is 1. The molecule has 0 fully saturated rings. The third-order valence-corrected chi connectivity index (χ3v) is 6.94. The number of carbonyl (C=O) groups excluding carboxylic acids is 1. The first-order valence-corrected chi connectivity index (χ1v) is 13.7. The predicted octanol–water partition coefficient (Wildman–Crippen LogP) is 6.24. The van der Waals surface area contributed by atoms with Crippen LogP contribution in [0.15, 0.2) is 94.8 Å². The molecular weight excluding hydrogens is 504 g/mol. The van der Waals surface area contributed by atoms with Crippen LogP contribution in [-0.4, -0.2) is 38.4 Å². The summed E-state index contributed by atoms with van der Waals surface area (Å²) in [6.45, 7) is 10.9. The van der Waals surface area contributed by atoms with Crippen LogP contribution in [0.25, 0.3) is 0 Å². The standard InChI is InChI=1S/C30H35ClN2O3S/c1-21-17-19-24(20-18-21)37(35)33-27(30(5,6)31)26(28(34)36-29(2,3)4)32-25(22-13-9-7-10-14-22)23-15-11-8-12-16-23/h7-20,26-27,33H,1-6H3/t26-,27+,37-/m0/s1. The molecule has 3 aromatic carbocycles. The summed E-state index contributed by atoms with van der Waals surface area (Å²) in [6.07, 6.45) is 0. The Morgan fingerprint density at radius 3 is 1.78 bits per heavy atom. The number of aliphatic imine (C=N–C) groups is 1. The first-order valence-electron chi connectivity index (χ1n) is 12.2. The van der Waals surface area contributed by atoms with Crippen LogP contribution in [0, 0.1) is 6.92 Å². The van der Waals surface area contributed by atoms with E-state index >= 15 is 0 Å². The van der Waals surface area contributed by atoms with Crippen molar-refractivity contribution in [3.63, 3.8) is 0 Å². The molecule has 5 nitrogen and oxygen atoms in total. The lowest BCUT2D eigenvalue weighted by molar-refractivity contribution is -0.157. The van der Waals surface area contributed by atoms with Gasteiger partial charge in [0.15, 0.2) is 6.04 Å². The Kier molecular flexibility index (Phi) is 9.46. The molecule has 0 spiro atoms. The first kappa shape index (κ1) is 28.8. The monoisotopic (exact) mass is 538 g/mol. The molecule has 196 valence electrons. The lowest BCUT2D eigenvalue weighted by Crippen LogP contribution is -2.55. The van der Waals surface area contributed by atoms with Crippen LogP contribution in [0.5, 0.6) is 0 Å². The van der Waals surface area contributed by atoms with Gasteiger partial charge in [0.05, 0.1) is 21.5 Å². The Morgan fingerprint density at radius 2 is 1.35 bits per heavy atom. The largest absolute Gasteiger partial charge is 0.458 e. The average molecular weight is 539 g/mol. The average Bonchev–Trinajstić information content (AvgIpc) is 2.83. The van der Waals surface area contributed by atoms with Crippen LogP contribution in [-0.2, 0) is 20.5 Å². The van der Waals surface area contributed by atoms with E-state index in [0.29, 0.717) is 10.6 Å². The number of halogens is 1. The Balaban J connectivity index is 2.15. The van der Waals surface area contributed by atoms with Gasteiger partial charge in [0.25, 0.3) is 0 Å². The highest BCUT2D eigenvalue weighted by atomic mass is 35.5. The van der Waals surface area contributed by atoms with Crippen molar-refractivity contribution in [3.8, 4) is 0 Å². The number of hydrogen-bond acceptors (Lipinski definition) is 4. The van der Waals surface area contributed by atoms with Gasteiger partial charge in [0, 0.05) is 11.1 Å². The molecule has 0 saturated heterocycles. The summed E-state index contributed by atoms with van der Waals surface area (Å²) >= 11 is 6.87. The predicted molar refractivity (Wildman–Crippen MR) is 153 cm³/mol. The maximum absolute atomic E-state index is 13.7. The number of nitrogens with zero attached hydrogens (tertiary/aromatic N) is 1. The minimum atomic E-state index is -1.64. The zero-order valence-electron chi connectivity index (χ0n) is 22.2. The molecule has 0 aliphatic heterocycles. The summed E-state index contributed by atoms with van der Waals surface area (Å²) in [5.74, 6) is -0.552. The molecule has 0 aromatic heterocycles. The summed E-state index contributed by atoms with van der Waals surface area (Å²) in [6, 6.07) is 24.8. The van der Waals surface area contributed by atoms with Gasteiger partial charge in [0.2, 0.25) is 0 Å². The zero-order valence-corrected chi connectivity index (χ0v) is 23.8. The molecule has 37 heavy (non-hydrogen) atoms. The third kappa shape index (κ3) is 8.35. The number of ether oxygens (including phenoxy) is 1. The van der Waals surface area contributed by atoms with Gasteiger partial charge in [-0.3, -0.25) is 4.99 Å². The molecule has 3 rings (SSSR count). The van der Waals surface area contributed by atoms with E-state index in [0.717, 1.165) is 16.7 Å². The quantitative estimate of drug-likeness (QED) is 0.199. The first-order chi connectivity index (χ1) is 17.3. The molecule has 0 bridgehead atoms. The fraction of sp³-hybridized carbons (Fsp3) is 0.333. The van der Waals surface area contributed by atoms with Crippen molar-refractivity contribution in [2.24, 2.45) is 4.99 Å². The lowest BCUT2D eigenvalue weighted by Gasteiger charge is -2.34. The van der Waals surface area contributed by atoms with E-state index in [9.17, 15) is 9.00 Å². The second-order valence-corrected chi connectivity index (χ2v) is 12.6. The Morgan fingerprint density at radius 1 is 0.865 bits per heavy atom. The van der Waals surface area contributed by atoms with Gasteiger partial charge in [-0.15, -0.1) is 11.6 Å². The zero-order chi connectivity index (χ0) is 27.2. The van der Waals surface area contributed by atoms with Crippen LogP contribution >= 0.6 is 11.6 Å². The van der Waals surface area contributed by atoms with Gasteiger partial charge >= 0.3 is 5.97 Å². The van der Waals surface area contributed by atoms with E-state index in [4.69, 9.17) is 21.3 Å². The van der Waals surface area contributed by atoms with Crippen LogP contribution < -0.4 is 4.72 Å². The second-order valence-electron chi connectivity index (χ2n) is 10.4. The molecule has 1 N–H and O–H groups in total.